The Labute approximate surface area is 127 Å². The highest BCUT2D eigenvalue weighted by Crippen LogP contribution is 2.12. The Bertz CT molecular complexity index is 821. The fourth-order valence-corrected chi connectivity index (χ4v) is 2.19. The second kappa shape index (κ2) is 5.88. The van der Waals surface area contributed by atoms with Crippen LogP contribution in [0.2, 0.25) is 0 Å². The number of para-hydroxylation sites is 1. The Balaban J connectivity index is 2.39. The van der Waals surface area contributed by atoms with Gasteiger partial charge in [0, 0.05) is 26.8 Å². The van der Waals surface area contributed by atoms with Gasteiger partial charge in [-0.25, -0.2) is 4.79 Å². The molecule has 0 aliphatic heterocycles. The monoisotopic (exact) mass is 302 g/mol. The van der Waals surface area contributed by atoms with E-state index < -0.39 is 17.0 Å². The lowest BCUT2D eigenvalue weighted by Crippen LogP contribution is -2.43. The van der Waals surface area contributed by atoms with Gasteiger partial charge in [-0.2, -0.15) is 0 Å². The van der Waals surface area contributed by atoms with E-state index in [4.69, 9.17) is 5.73 Å². The summed E-state index contributed by atoms with van der Waals surface area (Å²) in [7, 11) is 4.49. The van der Waals surface area contributed by atoms with Crippen LogP contribution in [0.3, 0.4) is 0 Å². The van der Waals surface area contributed by atoms with Crippen molar-refractivity contribution in [3.63, 3.8) is 0 Å². The van der Waals surface area contributed by atoms with Crippen LogP contribution in [0, 0.1) is 0 Å². The molecule has 0 spiro atoms. The van der Waals surface area contributed by atoms with Crippen LogP contribution in [0.5, 0.6) is 0 Å². The molecule has 0 aliphatic rings. The van der Waals surface area contributed by atoms with E-state index in [0.29, 0.717) is 0 Å². The van der Waals surface area contributed by atoms with E-state index in [9.17, 15) is 14.4 Å². The molecule has 7 heteroatoms. The van der Waals surface area contributed by atoms with Crippen LogP contribution in [0.4, 0.5) is 11.5 Å². The normalized spacial score (nSPS) is 10.5. The Morgan fingerprint density at radius 1 is 1.14 bits per heavy atom. The van der Waals surface area contributed by atoms with E-state index >= 15 is 0 Å². The van der Waals surface area contributed by atoms with Crippen LogP contribution in [-0.4, -0.2) is 28.5 Å². The van der Waals surface area contributed by atoms with Crippen molar-refractivity contribution in [1.82, 2.24) is 9.13 Å². The Morgan fingerprint density at radius 3 is 2.32 bits per heavy atom. The molecule has 0 bridgehead atoms. The third kappa shape index (κ3) is 2.65. The van der Waals surface area contributed by atoms with Gasteiger partial charge in [-0.15, -0.1) is 0 Å². The number of aromatic nitrogens is 2. The maximum absolute atomic E-state index is 12.4. The lowest BCUT2D eigenvalue weighted by molar-refractivity contribution is 0.0998. The summed E-state index contributed by atoms with van der Waals surface area (Å²) in [6.07, 6.45) is 0. The molecule has 0 saturated carbocycles. The average Bonchev–Trinajstić information content (AvgIpc) is 2.52. The number of nitrogens with zero attached hydrogens (tertiary/aromatic N) is 3. The highest BCUT2D eigenvalue weighted by Gasteiger charge is 2.21. The van der Waals surface area contributed by atoms with E-state index in [1.54, 1.807) is 11.9 Å². The first-order valence-electron chi connectivity index (χ1n) is 6.69. The molecular weight excluding hydrogens is 284 g/mol. The third-order valence-electron chi connectivity index (χ3n) is 3.57. The minimum atomic E-state index is -0.674. The maximum atomic E-state index is 12.4. The van der Waals surface area contributed by atoms with Crippen LogP contribution in [0.25, 0.3) is 0 Å². The quantitative estimate of drug-likeness (QED) is 0.802. The van der Waals surface area contributed by atoms with Crippen LogP contribution in [-0.2, 0) is 14.1 Å². The molecule has 1 aromatic carbocycles. The van der Waals surface area contributed by atoms with Gasteiger partial charge in [0.1, 0.15) is 11.4 Å². The number of likely N-dealkylation sites (N-methyl/N-ethyl adjacent to an activating group) is 1. The molecule has 0 amide bonds. The van der Waals surface area contributed by atoms with E-state index in [1.165, 1.54) is 14.1 Å². The summed E-state index contributed by atoms with van der Waals surface area (Å²) >= 11 is 0. The fraction of sp³-hybridized carbons (Fsp3) is 0.267. The third-order valence-corrected chi connectivity index (χ3v) is 3.57. The summed E-state index contributed by atoms with van der Waals surface area (Å²) in [6.45, 7) is -0.0122. The molecule has 2 N–H and O–H groups in total. The summed E-state index contributed by atoms with van der Waals surface area (Å²) in [5.41, 5.74) is 5.23. The second-order valence-corrected chi connectivity index (χ2v) is 5.08. The molecule has 2 aromatic rings. The van der Waals surface area contributed by atoms with Crippen molar-refractivity contribution in [3.05, 3.63) is 56.7 Å². The number of hydrogen-bond acceptors (Lipinski definition) is 5. The predicted molar refractivity (Wildman–Crippen MR) is 85.4 cm³/mol. The summed E-state index contributed by atoms with van der Waals surface area (Å²) in [6, 6.07) is 9.30. The maximum Gasteiger partial charge on any atom is 0.332 e. The zero-order chi connectivity index (χ0) is 16.4. The predicted octanol–water partition coefficient (Wildman–Crippen LogP) is -0.0147. The number of carbonyl (C=O) groups is 1. The molecule has 0 radical (unpaired) electrons. The summed E-state index contributed by atoms with van der Waals surface area (Å²) in [5.74, 6) is -0.542. The second-order valence-electron chi connectivity index (χ2n) is 5.08. The van der Waals surface area contributed by atoms with Crippen LogP contribution >= 0.6 is 0 Å². The molecule has 0 saturated heterocycles. The van der Waals surface area contributed by atoms with Crippen molar-refractivity contribution in [1.29, 1.82) is 0 Å². The van der Waals surface area contributed by atoms with Crippen molar-refractivity contribution in [2.45, 2.75) is 0 Å². The van der Waals surface area contributed by atoms with Gasteiger partial charge in [0.05, 0.1) is 6.54 Å². The molecule has 1 aromatic heterocycles. The SMILES string of the molecule is CN(CC(=O)c1c(N)n(C)c(=O)n(C)c1=O)c1ccccc1. The number of rotatable bonds is 4. The number of nitrogens with two attached hydrogens (primary N) is 1. The van der Waals surface area contributed by atoms with Crippen molar-refractivity contribution in [2.24, 2.45) is 14.1 Å². The van der Waals surface area contributed by atoms with Crippen molar-refractivity contribution < 1.29 is 4.79 Å². The first-order valence-corrected chi connectivity index (χ1v) is 6.69. The smallest absolute Gasteiger partial charge is 0.332 e. The minimum absolute atomic E-state index is 0.0122. The van der Waals surface area contributed by atoms with Crippen LogP contribution in [0.1, 0.15) is 10.4 Å². The number of ketones is 1. The highest BCUT2D eigenvalue weighted by atomic mass is 16.2. The molecule has 0 aliphatic carbocycles. The van der Waals surface area contributed by atoms with Gasteiger partial charge >= 0.3 is 5.69 Å². The number of benzene rings is 1. The van der Waals surface area contributed by atoms with Gasteiger partial charge in [-0.3, -0.25) is 18.7 Å². The summed E-state index contributed by atoms with van der Waals surface area (Å²) < 4.78 is 1.98. The molecule has 22 heavy (non-hydrogen) atoms. The molecule has 0 fully saturated rings. The molecule has 0 atom stereocenters. The molecule has 116 valence electrons. The largest absolute Gasteiger partial charge is 0.384 e. The summed E-state index contributed by atoms with van der Waals surface area (Å²) in [5, 5.41) is 0. The molecule has 0 unspecified atom stereocenters. The Kier molecular flexibility index (Phi) is 4.16. The lowest BCUT2D eigenvalue weighted by atomic mass is 10.1. The van der Waals surface area contributed by atoms with E-state index in [1.807, 2.05) is 30.3 Å². The first kappa shape index (κ1) is 15.6. The lowest BCUT2D eigenvalue weighted by Gasteiger charge is -2.19. The number of carbonyl (C=O) groups excluding carboxylic acids is 1. The standard InChI is InChI=1S/C15H18N4O3/c1-17(10-7-5-4-6-8-10)9-11(20)12-13(16)18(2)15(22)19(3)14(12)21/h4-8H,9,16H2,1-3H3. The zero-order valence-electron chi connectivity index (χ0n) is 12.7. The average molecular weight is 302 g/mol. The Hall–Kier alpha value is -2.83. The first-order chi connectivity index (χ1) is 10.3. The van der Waals surface area contributed by atoms with Gasteiger partial charge in [0.25, 0.3) is 5.56 Å². The molecule has 2 rings (SSSR count). The van der Waals surface area contributed by atoms with Gasteiger partial charge in [0.15, 0.2) is 5.78 Å². The molecule has 7 nitrogen and oxygen atoms in total. The fourth-order valence-electron chi connectivity index (χ4n) is 2.19. The van der Waals surface area contributed by atoms with Gasteiger partial charge in [0.2, 0.25) is 0 Å². The highest BCUT2D eigenvalue weighted by molar-refractivity contribution is 6.02. The van der Waals surface area contributed by atoms with Crippen LogP contribution < -0.4 is 21.9 Å². The molecular formula is C15H18N4O3. The van der Waals surface area contributed by atoms with Gasteiger partial charge in [-0.05, 0) is 12.1 Å². The Morgan fingerprint density at radius 2 is 1.73 bits per heavy atom. The van der Waals surface area contributed by atoms with Gasteiger partial charge in [-0.1, -0.05) is 18.2 Å². The summed E-state index contributed by atoms with van der Waals surface area (Å²) in [4.78, 5) is 38.1. The van der Waals surface area contributed by atoms with Crippen molar-refractivity contribution in [3.8, 4) is 0 Å². The molecule has 1 heterocycles. The van der Waals surface area contributed by atoms with Gasteiger partial charge < -0.3 is 10.6 Å². The zero-order valence-corrected chi connectivity index (χ0v) is 12.7. The van der Waals surface area contributed by atoms with E-state index in [-0.39, 0.29) is 17.9 Å². The number of anilines is 2. The minimum Gasteiger partial charge on any atom is -0.384 e. The van der Waals surface area contributed by atoms with Crippen LogP contribution in [0.15, 0.2) is 39.9 Å². The number of Topliss-reactive ketones (excluding diaryl/α,β-unsaturated/α-hetero) is 1. The number of nitrogen functional groups attached to an aromatic ring is 1. The number of hydrogen-bond donors (Lipinski definition) is 1. The van der Waals surface area contributed by atoms with Crippen molar-refractivity contribution in [2.75, 3.05) is 24.2 Å². The van der Waals surface area contributed by atoms with E-state index in [0.717, 1.165) is 14.8 Å². The van der Waals surface area contributed by atoms with Crippen molar-refractivity contribution >= 4 is 17.3 Å². The topological polar surface area (TPSA) is 90.3 Å². The van der Waals surface area contributed by atoms with E-state index in [2.05, 4.69) is 0 Å².